The molecule has 0 unspecified atom stereocenters. The monoisotopic (exact) mass is 1540 g/mol. The average Bonchev–Trinajstić information content (AvgIpc) is 1.70. The number of aliphatic hydroxyl groups excluding tert-OH is 2. The van der Waals surface area contributed by atoms with Gasteiger partial charge in [-0.15, -0.1) is 0 Å². The summed E-state index contributed by atoms with van der Waals surface area (Å²) in [6.07, 6.45) is 18.6. The topological polar surface area (TPSA) is 311 Å². The zero-order valence-corrected chi connectivity index (χ0v) is 65.7. The number of amides is 3. The van der Waals surface area contributed by atoms with Gasteiger partial charge in [-0.2, -0.15) is 0 Å². The summed E-state index contributed by atoms with van der Waals surface area (Å²) in [7, 11) is 8.64. The highest BCUT2D eigenvalue weighted by atomic mass is 16.5. The lowest BCUT2D eigenvalue weighted by Crippen LogP contribution is -2.35. The molecule has 0 radical (unpaired) electrons. The van der Waals surface area contributed by atoms with Crippen LogP contribution in [0.3, 0.4) is 0 Å². The maximum atomic E-state index is 13.6. The summed E-state index contributed by atoms with van der Waals surface area (Å²) in [4.78, 5) is 92.5. The summed E-state index contributed by atoms with van der Waals surface area (Å²) in [6, 6.07) is 26.8. The molecule has 0 saturated carbocycles. The number of aryl methyl sites for hydroxylation is 2. The van der Waals surface area contributed by atoms with Gasteiger partial charge in [0.15, 0.2) is 34.5 Å². The maximum Gasteiger partial charge on any atom is 0.305 e. The van der Waals surface area contributed by atoms with Gasteiger partial charge in [0.1, 0.15) is 30.5 Å². The van der Waals surface area contributed by atoms with E-state index in [4.69, 9.17) is 62.8 Å². The highest BCUT2D eigenvalue weighted by Gasteiger charge is 2.38. The van der Waals surface area contributed by atoms with Crippen molar-refractivity contribution in [2.24, 2.45) is 15.0 Å². The predicted octanol–water partition coefficient (Wildman–Crippen LogP) is 13.4. The summed E-state index contributed by atoms with van der Waals surface area (Å²) in [5.41, 5.74) is 12.0. The smallest absolute Gasteiger partial charge is 0.305 e. The standard InChI is InChI=1S/C43H46N4O9.C15H16N2O3.C15H22O3.C13H18O5/c1-6-26-12-30-20-44-35-18-39(37(51-3)16-33(35)42(49)46(30)22-26)55-24-28-11-29(15-32(14-28)54-10-8-9-41(48)53-5)25-56-40-19-36-34(17-38(40)52-4)43(50)47-23-27(7-2)13-31(47)21-45-36;1-3-9-4-10-7-16-12-6-13(18)14(20-2)5-11(12)15(19)17(10)8-9;1-4-12-9-13(5-2)11-14(10-12)18-8-6-7-15(16)17-3;1-17-13(16)3-2-4-18-12-6-10(8-14)5-11(7-12)9-15/h6-7,11,14-21,30-31H,8-10,12-13,22-25H2,1-5H3;3,5-7,10,18H,4,8H2,1-2H3;9-11H,4-8H2,1-3H3;5-7,14-15H,2-4,8-9H2,1H3/b26-6+,27-7+;9-3+;;/t30-,31-;10-;;/m00../s1. The van der Waals surface area contributed by atoms with Crippen LogP contribution in [-0.4, -0.2) is 185 Å². The summed E-state index contributed by atoms with van der Waals surface area (Å²) in [5, 5.41) is 27.9. The zero-order valence-electron chi connectivity index (χ0n) is 65.7. The number of carbonyl (C=O) groups is 6. The fourth-order valence-electron chi connectivity index (χ4n) is 13.2. The molecule has 0 bridgehead atoms. The van der Waals surface area contributed by atoms with Gasteiger partial charge in [-0.05, 0) is 166 Å². The lowest BCUT2D eigenvalue weighted by molar-refractivity contribution is -0.141. The van der Waals surface area contributed by atoms with E-state index in [0.717, 1.165) is 49.0 Å². The van der Waals surface area contributed by atoms with E-state index in [-0.39, 0.29) is 105 Å². The fraction of sp³-hybridized carbons (Fsp3) is 0.407. The Morgan fingerprint density at radius 1 is 0.411 bits per heavy atom. The van der Waals surface area contributed by atoms with Crippen molar-refractivity contribution < 1.29 is 96.2 Å². The number of aliphatic imine (C=N–C) groups is 3. The number of phenols is 1. The number of fused-ring (bicyclic) bond motifs is 6. The molecule has 12 rings (SSSR count). The number of ether oxygens (including phenoxy) is 11. The third kappa shape index (κ3) is 22.4. The van der Waals surface area contributed by atoms with E-state index >= 15 is 0 Å². The van der Waals surface area contributed by atoms with Crippen molar-refractivity contribution in [2.75, 3.05) is 82.1 Å². The summed E-state index contributed by atoms with van der Waals surface area (Å²) >= 11 is 0. The number of hydrogen-bond acceptors (Lipinski definition) is 23. The maximum absolute atomic E-state index is 13.6. The Morgan fingerprint density at radius 2 is 0.723 bits per heavy atom. The molecule has 6 aliphatic heterocycles. The number of carbonyl (C=O) groups excluding carboxylic acids is 6. The first-order valence-corrected chi connectivity index (χ1v) is 37.5. The number of methoxy groups -OCH3 is 6. The van der Waals surface area contributed by atoms with Gasteiger partial charge >= 0.3 is 17.9 Å². The lowest BCUT2D eigenvalue weighted by atomic mass is 10.1. The van der Waals surface area contributed by atoms with Crippen LogP contribution in [0.15, 0.2) is 141 Å². The largest absolute Gasteiger partial charge is 0.504 e. The molecule has 3 amide bonds. The Labute approximate surface area is 653 Å². The van der Waals surface area contributed by atoms with Crippen LogP contribution >= 0.6 is 0 Å². The molecule has 3 atom stereocenters. The van der Waals surface area contributed by atoms with Crippen LogP contribution in [0.1, 0.15) is 157 Å². The number of phenolic OH excluding ortho intramolecular Hbond substituents is 1. The third-order valence-corrected chi connectivity index (χ3v) is 19.6. The number of esters is 3. The molecule has 3 saturated heterocycles. The Hall–Kier alpha value is -11.5. The molecular formula is C86H102N6O20. The minimum absolute atomic E-state index is 0.00534. The predicted molar refractivity (Wildman–Crippen MR) is 424 cm³/mol. The molecule has 26 nitrogen and oxygen atoms in total. The summed E-state index contributed by atoms with van der Waals surface area (Å²) in [6.45, 7) is 13.3. The second-order valence-corrected chi connectivity index (χ2v) is 27.0. The van der Waals surface area contributed by atoms with Crippen molar-refractivity contribution in [1.29, 1.82) is 0 Å². The number of rotatable bonds is 28. The van der Waals surface area contributed by atoms with Gasteiger partial charge in [0.2, 0.25) is 0 Å². The molecule has 3 N–H and O–H groups in total. The van der Waals surface area contributed by atoms with Gasteiger partial charge in [-0.25, -0.2) is 0 Å². The van der Waals surface area contributed by atoms with Crippen LogP contribution in [0.4, 0.5) is 17.1 Å². The molecule has 112 heavy (non-hydrogen) atoms. The van der Waals surface area contributed by atoms with Gasteiger partial charge in [0.25, 0.3) is 17.7 Å². The van der Waals surface area contributed by atoms with Crippen LogP contribution < -0.4 is 37.9 Å². The molecule has 6 aromatic rings. The Bertz CT molecular complexity index is 4290. The van der Waals surface area contributed by atoms with E-state index in [9.17, 15) is 33.9 Å². The van der Waals surface area contributed by atoms with Crippen molar-refractivity contribution in [3.05, 3.63) is 176 Å². The second-order valence-electron chi connectivity index (χ2n) is 27.0. The fourth-order valence-corrected chi connectivity index (χ4v) is 13.2. The molecule has 0 spiro atoms. The van der Waals surface area contributed by atoms with Crippen LogP contribution in [-0.2, 0) is 67.9 Å². The summed E-state index contributed by atoms with van der Waals surface area (Å²) < 4.78 is 60.2. The number of hydrogen-bond donors (Lipinski definition) is 3. The molecule has 0 aromatic heterocycles. The Balaban J connectivity index is 0.000000208. The van der Waals surface area contributed by atoms with Crippen molar-refractivity contribution in [3.8, 4) is 51.7 Å². The minimum Gasteiger partial charge on any atom is -0.504 e. The van der Waals surface area contributed by atoms with Crippen molar-refractivity contribution in [1.82, 2.24) is 14.7 Å². The van der Waals surface area contributed by atoms with E-state index < -0.39 is 0 Å². The highest BCUT2D eigenvalue weighted by molar-refractivity contribution is 6.06. The molecule has 6 aromatic carbocycles. The van der Waals surface area contributed by atoms with Gasteiger partial charge in [-0.1, -0.05) is 60.9 Å². The molecule has 3 fully saturated rings. The normalized spacial score (nSPS) is 17.1. The number of aromatic hydroxyl groups is 1. The van der Waals surface area contributed by atoms with Crippen LogP contribution in [0.25, 0.3) is 0 Å². The van der Waals surface area contributed by atoms with Crippen LogP contribution in [0.5, 0.6) is 51.7 Å². The number of aliphatic hydroxyl groups is 2. The van der Waals surface area contributed by atoms with Crippen molar-refractivity contribution in [3.63, 3.8) is 0 Å². The van der Waals surface area contributed by atoms with Gasteiger partial charge in [0, 0.05) is 75.7 Å². The summed E-state index contributed by atoms with van der Waals surface area (Å²) in [5.74, 6) is 2.98. The molecule has 0 aliphatic carbocycles. The SMILES string of the molecule is C/C=C1\C[C@H]2C=Nc3cc(O)c(OC)cc3C(=O)N2C1.C/C=C1\C[C@H]2C=Nc3cc(OCc4cc(COc5cc6c(cc5OC)C(=O)N5C/C(=C/C)C[C@H]5C=N6)cc(OCCCC(=O)OC)c4)c(OC)cc3C(=O)N2C1.CCc1cc(CC)cc(OCCCC(=O)OC)c1.COC(=O)CCCOc1cc(CO)cc(CO)c1. The second kappa shape index (κ2) is 41.5. The van der Waals surface area contributed by atoms with Gasteiger partial charge < -0.3 is 82.1 Å². The van der Waals surface area contributed by atoms with E-state index in [1.54, 1.807) is 59.6 Å². The molecule has 596 valence electrons. The average molecular weight is 1540 g/mol. The van der Waals surface area contributed by atoms with Gasteiger partial charge in [0.05, 0.1) is 128 Å². The Morgan fingerprint density at radius 3 is 1.04 bits per heavy atom. The quantitative estimate of drug-likeness (QED) is 0.0178. The first-order valence-electron chi connectivity index (χ1n) is 37.5. The van der Waals surface area contributed by atoms with E-state index in [1.807, 2.05) is 67.3 Å². The van der Waals surface area contributed by atoms with E-state index in [2.05, 4.69) is 58.7 Å². The van der Waals surface area contributed by atoms with Crippen LogP contribution in [0.2, 0.25) is 0 Å². The van der Waals surface area contributed by atoms with Crippen LogP contribution in [0, 0.1) is 0 Å². The van der Waals surface area contributed by atoms with Gasteiger partial charge in [-0.3, -0.25) is 43.7 Å². The number of nitrogens with zero attached hydrogens (tertiary/aromatic N) is 6. The zero-order chi connectivity index (χ0) is 80.4. The lowest BCUT2D eigenvalue weighted by Gasteiger charge is -2.20. The van der Waals surface area contributed by atoms with Crippen molar-refractivity contribution >= 4 is 71.3 Å². The Kier molecular flexibility index (Phi) is 31.3. The minimum atomic E-state index is -0.308. The first-order chi connectivity index (χ1) is 54.2. The van der Waals surface area contributed by atoms with E-state index in [0.29, 0.717) is 144 Å². The van der Waals surface area contributed by atoms with E-state index in [1.165, 1.54) is 76.6 Å². The molecule has 6 aliphatic rings. The van der Waals surface area contributed by atoms with Crippen molar-refractivity contribution in [2.45, 2.75) is 150 Å². The highest BCUT2D eigenvalue weighted by Crippen LogP contribution is 2.43. The molecule has 6 heterocycles. The number of benzene rings is 6. The molecular weight excluding hydrogens is 1440 g/mol. The number of allylic oxidation sites excluding steroid dienone is 3. The first kappa shape index (κ1) is 84.5. The third-order valence-electron chi connectivity index (χ3n) is 19.6. The molecule has 26 heteroatoms.